The highest BCUT2D eigenvalue weighted by molar-refractivity contribution is 5.94. The molecule has 112 valence electrons. The second-order valence-corrected chi connectivity index (χ2v) is 5.73. The lowest BCUT2D eigenvalue weighted by Crippen LogP contribution is -2.40. The maximum Gasteiger partial charge on any atom is 0.241 e. The summed E-state index contributed by atoms with van der Waals surface area (Å²) in [5.41, 5.74) is 7.43. The third-order valence-corrected chi connectivity index (χ3v) is 3.56. The monoisotopic (exact) mass is 277 g/mol. The summed E-state index contributed by atoms with van der Waals surface area (Å²) in [6.07, 6.45) is 1.10. The zero-order chi connectivity index (χ0) is 15.1. The highest BCUT2D eigenvalue weighted by Gasteiger charge is 2.17. The van der Waals surface area contributed by atoms with Crippen molar-refractivity contribution >= 4 is 11.6 Å². The Kier molecular flexibility index (Phi) is 6.68. The number of rotatable bonds is 7. The van der Waals surface area contributed by atoms with Crippen LogP contribution in [-0.4, -0.2) is 30.4 Å². The number of hydrogen-bond acceptors (Lipinski definition) is 3. The predicted octanol–water partition coefficient (Wildman–Crippen LogP) is 2.45. The number of benzene rings is 1. The van der Waals surface area contributed by atoms with E-state index in [1.165, 1.54) is 0 Å². The van der Waals surface area contributed by atoms with Crippen molar-refractivity contribution in [3.05, 3.63) is 29.8 Å². The topological polar surface area (TPSA) is 58.4 Å². The van der Waals surface area contributed by atoms with Crippen LogP contribution in [0.15, 0.2) is 24.3 Å². The summed E-state index contributed by atoms with van der Waals surface area (Å²) in [4.78, 5) is 14.3. The van der Waals surface area contributed by atoms with Crippen molar-refractivity contribution in [3.8, 4) is 0 Å². The zero-order valence-corrected chi connectivity index (χ0v) is 13.0. The minimum Gasteiger partial charge on any atom is -0.326 e. The van der Waals surface area contributed by atoms with Gasteiger partial charge in [0.2, 0.25) is 5.91 Å². The Morgan fingerprint density at radius 1 is 1.25 bits per heavy atom. The van der Waals surface area contributed by atoms with E-state index in [4.69, 9.17) is 5.73 Å². The Bertz CT molecular complexity index is 414. The van der Waals surface area contributed by atoms with Gasteiger partial charge >= 0.3 is 0 Å². The van der Waals surface area contributed by atoms with Crippen molar-refractivity contribution in [3.63, 3.8) is 0 Å². The van der Waals surface area contributed by atoms with Gasteiger partial charge in [0.25, 0.3) is 0 Å². The van der Waals surface area contributed by atoms with Crippen LogP contribution >= 0.6 is 0 Å². The second-order valence-electron chi connectivity index (χ2n) is 5.73. The highest BCUT2D eigenvalue weighted by atomic mass is 16.2. The summed E-state index contributed by atoms with van der Waals surface area (Å²) in [6, 6.07) is 7.51. The zero-order valence-electron chi connectivity index (χ0n) is 13.0. The minimum atomic E-state index is -0.136. The molecule has 0 saturated carbocycles. The molecule has 0 spiro atoms. The number of nitrogens with two attached hydrogens (primary N) is 1. The van der Waals surface area contributed by atoms with E-state index in [1.54, 1.807) is 0 Å². The van der Waals surface area contributed by atoms with Crippen molar-refractivity contribution in [2.45, 2.75) is 39.8 Å². The fourth-order valence-corrected chi connectivity index (χ4v) is 1.83. The van der Waals surface area contributed by atoms with Crippen molar-refractivity contribution < 1.29 is 4.79 Å². The number of nitrogens with zero attached hydrogens (tertiary/aromatic N) is 1. The van der Waals surface area contributed by atoms with Gasteiger partial charge in [0.05, 0.1) is 6.04 Å². The molecule has 0 bridgehead atoms. The normalized spacial score (nSPS) is 12.8. The maximum atomic E-state index is 12.2. The Labute approximate surface area is 122 Å². The molecule has 1 aromatic carbocycles. The van der Waals surface area contributed by atoms with Crippen LogP contribution < -0.4 is 11.1 Å². The van der Waals surface area contributed by atoms with Crippen LogP contribution in [0.4, 0.5) is 5.69 Å². The number of hydrogen-bond donors (Lipinski definition) is 2. The lowest BCUT2D eigenvalue weighted by atomic mass is 10.1. The van der Waals surface area contributed by atoms with Gasteiger partial charge in [0, 0.05) is 12.2 Å². The molecule has 1 amide bonds. The Hall–Kier alpha value is -1.39. The molecule has 20 heavy (non-hydrogen) atoms. The van der Waals surface area contributed by atoms with E-state index in [-0.39, 0.29) is 11.9 Å². The number of carbonyl (C=O) groups excluding carboxylic acids is 1. The standard InChI is InChI=1S/C16H27N3O/c1-12(2)9-10-19(4)13(3)16(20)18-15-7-5-14(11-17)6-8-15/h5-8,12-13H,9-11,17H2,1-4H3,(H,18,20). The number of nitrogens with one attached hydrogen (secondary N) is 1. The van der Waals surface area contributed by atoms with Crippen molar-refractivity contribution in [1.29, 1.82) is 0 Å². The summed E-state index contributed by atoms with van der Waals surface area (Å²) < 4.78 is 0. The number of amides is 1. The molecule has 3 N–H and O–H groups in total. The Morgan fingerprint density at radius 2 is 1.85 bits per heavy atom. The Balaban J connectivity index is 2.51. The average molecular weight is 277 g/mol. The SMILES string of the molecule is CC(C)CCN(C)C(C)C(=O)Nc1ccc(CN)cc1. The van der Waals surface area contributed by atoms with Crippen molar-refractivity contribution in [2.24, 2.45) is 11.7 Å². The van der Waals surface area contributed by atoms with Crippen LogP contribution in [0, 0.1) is 5.92 Å². The number of likely N-dealkylation sites (N-methyl/N-ethyl adjacent to an activating group) is 1. The minimum absolute atomic E-state index is 0.0248. The van der Waals surface area contributed by atoms with Gasteiger partial charge in [-0.05, 0) is 50.6 Å². The fraction of sp³-hybridized carbons (Fsp3) is 0.562. The van der Waals surface area contributed by atoms with Crippen molar-refractivity contribution in [1.82, 2.24) is 4.90 Å². The summed E-state index contributed by atoms with van der Waals surface area (Å²) in [6.45, 7) is 7.76. The van der Waals surface area contributed by atoms with Crippen molar-refractivity contribution in [2.75, 3.05) is 18.9 Å². The van der Waals surface area contributed by atoms with Crippen LogP contribution in [0.3, 0.4) is 0 Å². The summed E-state index contributed by atoms with van der Waals surface area (Å²) >= 11 is 0. The smallest absolute Gasteiger partial charge is 0.241 e. The molecular weight excluding hydrogens is 250 g/mol. The first-order valence-electron chi connectivity index (χ1n) is 7.24. The molecule has 4 nitrogen and oxygen atoms in total. The number of carbonyl (C=O) groups is 1. The van der Waals surface area contributed by atoms with E-state index in [0.717, 1.165) is 24.2 Å². The quantitative estimate of drug-likeness (QED) is 0.805. The van der Waals surface area contributed by atoms with Gasteiger partial charge < -0.3 is 11.1 Å². The highest BCUT2D eigenvalue weighted by Crippen LogP contribution is 2.11. The molecule has 1 rings (SSSR count). The van der Waals surface area contributed by atoms with Gasteiger partial charge in [-0.3, -0.25) is 9.69 Å². The van der Waals surface area contributed by atoms with Gasteiger partial charge in [-0.1, -0.05) is 26.0 Å². The van der Waals surface area contributed by atoms with Gasteiger partial charge in [-0.2, -0.15) is 0 Å². The molecule has 0 fully saturated rings. The summed E-state index contributed by atoms with van der Waals surface area (Å²) in [7, 11) is 1.99. The van der Waals surface area contributed by atoms with E-state index in [2.05, 4.69) is 24.1 Å². The molecule has 1 aromatic rings. The van der Waals surface area contributed by atoms with Crippen LogP contribution in [0.2, 0.25) is 0 Å². The predicted molar refractivity (Wildman–Crippen MR) is 84.5 cm³/mol. The largest absolute Gasteiger partial charge is 0.326 e. The van der Waals surface area contributed by atoms with Gasteiger partial charge in [-0.25, -0.2) is 0 Å². The molecule has 0 aromatic heterocycles. The van der Waals surface area contributed by atoms with Crippen LogP contribution in [0.25, 0.3) is 0 Å². The van der Waals surface area contributed by atoms with E-state index < -0.39 is 0 Å². The third-order valence-electron chi connectivity index (χ3n) is 3.56. The van der Waals surface area contributed by atoms with E-state index >= 15 is 0 Å². The molecular formula is C16H27N3O. The van der Waals surface area contributed by atoms with E-state index in [9.17, 15) is 4.79 Å². The lowest BCUT2D eigenvalue weighted by Gasteiger charge is -2.24. The Morgan fingerprint density at radius 3 is 2.35 bits per heavy atom. The molecule has 0 saturated heterocycles. The molecule has 0 aliphatic rings. The first kappa shape index (κ1) is 16.7. The number of anilines is 1. The second kappa shape index (κ2) is 8.02. The van der Waals surface area contributed by atoms with E-state index in [0.29, 0.717) is 12.5 Å². The molecule has 1 unspecified atom stereocenters. The third kappa shape index (κ3) is 5.31. The maximum absolute atomic E-state index is 12.2. The lowest BCUT2D eigenvalue weighted by molar-refractivity contribution is -0.120. The molecule has 0 aliphatic heterocycles. The van der Waals surface area contributed by atoms with Crippen LogP contribution in [0.1, 0.15) is 32.8 Å². The van der Waals surface area contributed by atoms with Crippen LogP contribution in [0.5, 0.6) is 0 Å². The first-order valence-corrected chi connectivity index (χ1v) is 7.24. The molecule has 0 radical (unpaired) electrons. The van der Waals surface area contributed by atoms with E-state index in [1.807, 2.05) is 38.2 Å². The molecule has 4 heteroatoms. The fourth-order valence-electron chi connectivity index (χ4n) is 1.83. The summed E-state index contributed by atoms with van der Waals surface area (Å²) in [5.74, 6) is 0.674. The summed E-state index contributed by atoms with van der Waals surface area (Å²) in [5, 5.41) is 2.94. The molecule has 0 heterocycles. The van der Waals surface area contributed by atoms with Crippen LogP contribution in [-0.2, 0) is 11.3 Å². The van der Waals surface area contributed by atoms with Gasteiger partial charge in [0.1, 0.15) is 0 Å². The van der Waals surface area contributed by atoms with Gasteiger partial charge in [0.15, 0.2) is 0 Å². The molecule has 0 aliphatic carbocycles. The molecule has 1 atom stereocenters. The van der Waals surface area contributed by atoms with Gasteiger partial charge in [-0.15, -0.1) is 0 Å². The first-order chi connectivity index (χ1) is 9.43. The average Bonchev–Trinajstić information content (AvgIpc) is 2.44.